The van der Waals surface area contributed by atoms with Crippen LogP contribution in [-0.2, 0) is 12.0 Å². The molecule has 3 rings (SSSR count). The lowest BCUT2D eigenvalue weighted by Gasteiger charge is -2.14. The van der Waals surface area contributed by atoms with Crippen LogP contribution in [0.1, 0.15) is 32.0 Å². The van der Waals surface area contributed by atoms with Gasteiger partial charge in [0.05, 0.1) is 17.6 Å². The summed E-state index contributed by atoms with van der Waals surface area (Å²) < 4.78 is 1.66. The third-order valence-electron chi connectivity index (χ3n) is 4.04. The summed E-state index contributed by atoms with van der Waals surface area (Å²) in [5.74, 6) is 0.691. The second-order valence-electron chi connectivity index (χ2n) is 7.22. The monoisotopic (exact) mass is 365 g/mol. The maximum absolute atomic E-state index is 12.4. The molecule has 0 spiro atoms. The zero-order valence-corrected chi connectivity index (χ0v) is 15.6. The number of nitrogens with one attached hydrogen (secondary N) is 2. The predicted octanol–water partition coefficient (Wildman–Crippen LogP) is 3.59. The highest BCUT2D eigenvalue weighted by atomic mass is 16.3. The van der Waals surface area contributed by atoms with Gasteiger partial charge in [0.2, 0.25) is 0 Å². The van der Waals surface area contributed by atoms with E-state index in [2.05, 4.69) is 41.5 Å². The minimum atomic E-state index is -0.385. The standard InChI is InChI=1S/C20H23N5O2/c1-20(2,3)17-11-18(25(24-17)15-8-6-10-21-13-15)23-19(27)22-12-14-7-4-5-9-16(14)26/h4-11,13,26H,12H2,1-3H3,(H2,22,23,27). The minimum absolute atomic E-state index is 0.147. The summed E-state index contributed by atoms with van der Waals surface area (Å²) >= 11 is 0. The van der Waals surface area contributed by atoms with E-state index in [1.54, 1.807) is 35.3 Å². The molecule has 27 heavy (non-hydrogen) atoms. The number of hydrogen-bond acceptors (Lipinski definition) is 4. The van der Waals surface area contributed by atoms with Crippen molar-refractivity contribution in [1.82, 2.24) is 20.1 Å². The molecule has 2 heterocycles. The van der Waals surface area contributed by atoms with Crippen LogP contribution in [0.3, 0.4) is 0 Å². The van der Waals surface area contributed by atoms with Gasteiger partial charge in [-0.1, -0.05) is 39.0 Å². The van der Waals surface area contributed by atoms with E-state index in [0.717, 1.165) is 11.4 Å². The van der Waals surface area contributed by atoms with Crippen LogP contribution in [-0.4, -0.2) is 25.9 Å². The summed E-state index contributed by atoms with van der Waals surface area (Å²) in [5.41, 5.74) is 2.08. The number of benzene rings is 1. The lowest BCUT2D eigenvalue weighted by Crippen LogP contribution is -2.29. The first-order chi connectivity index (χ1) is 12.8. The van der Waals surface area contributed by atoms with Crippen LogP contribution in [0.15, 0.2) is 54.9 Å². The number of aromatic hydroxyl groups is 1. The molecule has 0 aliphatic carbocycles. The number of anilines is 1. The number of pyridine rings is 1. The van der Waals surface area contributed by atoms with Gasteiger partial charge in [0.1, 0.15) is 11.6 Å². The van der Waals surface area contributed by atoms with Gasteiger partial charge < -0.3 is 10.4 Å². The Kier molecular flexibility index (Phi) is 5.12. The van der Waals surface area contributed by atoms with Gasteiger partial charge in [0.15, 0.2) is 0 Å². The van der Waals surface area contributed by atoms with Crippen LogP contribution in [0.5, 0.6) is 5.75 Å². The Morgan fingerprint density at radius 1 is 1.19 bits per heavy atom. The van der Waals surface area contributed by atoms with Crippen molar-refractivity contribution in [2.24, 2.45) is 0 Å². The minimum Gasteiger partial charge on any atom is -0.508 e. The van der Waals surface area contributed by atoms with Crippen LogP contribution in [0.4, 0.5) is 10.6 Å². The molecule has 0 saturated heterocycles. The van der Waals surface area contributed by atoms with Crippen LogP contribution in [0.2, 0.25) is 0 Å². The third kappa shape index (κ3) is 4.44. The second-order valence-corrected chi connectivity index (χ2v) is 7.22. The average molecular weight is 365 g/mol. The molecule has 0 saturated carbocycles. The second kappa shape index (κ2) is 7.49. The molecule has 0 aliphatic rings. The number of carbonyl (C=O) groups is 1. The van der Waals surface area contributed by atoms with Crippen LogP contribution >= 0.6 is 0 Å². The Morgan fingerprint density at radius 2 is 1.96 bits per heavy atom. The van der Waals surface area contributed by atoms with Crippen LogP contribution in [0, 0.1) is 0 Å². The largest absolute Gasteiger partial charge is 0.508 e. The van der Waals surface area contributed by atoms with Crippen molar-refractivity contribution in [2.45, 2.75) is 32.7 Å². The molecule has 0 radical (unpaired) electrons. The molecule has 3 aromatic rings. The third-order valence-corrected chi connectivity index (χ3v) is 4.04. The SMILES string of the molecule is CC(C)(C)c1cc(NC(=O)NCc2ccccc2O)n(-c2cccnc2)n1. The van der Waals surface area contributed by atoms with E-state index in [0.29, 0.717) is 11.4 Å². The average Bonchev–Trinajstić information content (AvgIpc) is 3.06. The Morgan fingerprint density at radius 3 is 2.63 bits per heavy atom. The molecular weight excluding hydrogens is 342 g/mol. The first kappa shape index (κ1) is 18.4. The van der Waals surface area contributed by atoms with E-state index >= 15 is 0 Å². The van der Waals surface area contributed by atoms with Crippen LogP contribution in [0.25, 0.3) is 5.69 Å². The number of urea groups is 1. The summed E-state index contributed by atoms with van der Waals surface area (Å²) in [6.45, 7) is 6.40. The topological polar surface area (TPSA) is 92.1 Å². The van der Waals surface area contributed by atoms with Gasteiger partial charge in [-0.05, 0) is 18.2 Å². The predicted molar refractivity (Wildman–Crippen MR) is 104 cm³/mol. The van der Waals surface area contributed by atoms with Gasteiger partial charge in [0, 0.05) is 29.8 Å². The molecular formula is C20H23N5O2. The summed E-state index contributed by atoms with van der Waals surface area (Å²) in [6.07, 6.45) is 3.37. The van der Waals surface area contributed by atoms with E-state index in [-0.39, 0.29) is 23.7 Å². The van der Waals surface area contributed by atoms with Gasteiger partial charge >= 0.3 is 6.03 Å². The highest BCUT2D eigenvalue weighted by molar-refractivity contribution is 5.88. The maximum Gasteiger partial charge on any atom is 0.320 e. The Hall–Kier alpha value is -3.35. The quantitative estimate of drug-likeness (QED) is 0.659. The molecule has 0 fully saturated rings. The van der Waals surface area contributed by atoms with Crippen molar-refractivity contribution in [3.63, 3.8) is 0 Å². The summed E-state index contributed by atoms with van der Waals surface area (Å²) in [4.78, 5) is 16.5. The van der Waals surface area contributed by atoms with Gasteiger partial charge in [-0.2, -0.15) is 5.10 Å². The van der Waals surface area contributed by atoms with Gasteiger partial charge in [-0.15, -0.1) is 0 Å². The lowest BCUT2D eigenvalue weighted by atomic mass is 9.92. The molecule has 0 bridgehead atoms. The Balaban J connectivity index is 1.80. The van der Waals surface area contributed by atoms with E-state index in [9.17, 15) is 9.90 Å². The van der Waals surface area contributed by atoms with Crippen LogP contribution < -0.4 is 10.6 Å². The van der Waals surface area contributed by atoms with Gasteiger partial charge in [-0.25, -0.2) is 9.48 Å². The van der Waals surface area contributed by atoms with Crippen molar-refractivity contribution in [3.05, 3.63) is 66.1 Å². The number of rotatable bonds is 4. The first-order valence-corrected chi connectivity index (χ1v) is 8.67. The molecule has 140 valence electrons. The van der Waals surface area contributed by atoms with Gasteiger partial charge in [-0.3, -0.25) is 10.3 Å². The number of phenols is 1. The van der Waals surface area contributed by atoms with Gasteiger partial charge in [0.25, 0.3) is 0 Å². The summed E-state index contributed by atoms with van der Waals surface area (Å²) in [7, 11) is 0. The number of amides is 2. The fourth-order valence-corrected chi connectivity index (χ4v) is 2.51. The Labute approximate surface area is 158 Å². The summed E-state index contributed by atoms with van der Waals surface area (Å²) in [6, 6.07) is 12.0. The normalized spacial score (nSPS) is 11.2. The first-order valence-electron chi connectivity index (χ1n) is 8.67. The number of nitrogens with zero attached hydrogens (tertiary/aromatic N) is 3. The Bertz CT molecular complexity index is 929. The number of carbonyl (C=O) groups excluding carboxylic acids is 1. The zero-order chi connectivity index (χ0) is 19.4. The van der Waals surface area contributed by atoms with Crippen molar-refractivity contribution >= 4 is 11.8 Å². The lowest BCUT2D eigenvalue weighted by molar-refractivity contribution is 0.251. The molecule has 2 aromatic heterocycles. The number of hydrogen-bond donors (Lipinski definition) is 3. The fraction of sp³-hybridized carbons (Fsp3) is 0.250. The fourth-order valence-electron chi connectivity index (χ4n) is 2.51. The molecule has 1 aromatic carbocycles. The molecule has 2 amide bonds. The zero-order valence-electron chi connectivity index (χ0n) is 15.6. The molecule has 7 heteroatoms. The number of para-hydroxylation sites is 1. The number of aromatic nitrogens is 3. The smallest absolute Gasteiger partial charge is 0.320 e. The van der Waals surface area contributed by atoms with E-state index in [1.807, 2.05) is 24.3 Å². The highest BCUT2D eigenvalue weighted by Crippen LogP contribution is 2.26. The van der Waals surface area contributed by atoms with Crippen molar-refractivity contribution in [1.29, 1.82) is 0 Å². The van der Waals surface area contributed by atoms with E-state index in [1.165, 1.54) is 0 Å². The highest BCUT2D eigenvalue weighted by Gasteiger charge is 2.21. The molecule has 3 N–H and O–H groups in total. The van der Waals surface area contributed by atoms with Crippen molar-refractivity contribution in [2.75, 3.05) is 5.32 Å². The number of phenolic OH excluding ortho intramolecular Hbond substituents is 1. The van der Waals surface area contributed by atoms with Crippen molar-refractivity contribution < 1.29 is 9.90 Å². The molecule has 0 atom stereocenters. The molecule has 0 unspecified atom stereocenters. The molecule has 0 aliphatic heterocycles. The van der Waals surface area contributed by atoms with E-state index in [4.69, 9.17) is 0 Å². The van der Waals surface area contributed by atoms with E-state index < -0.39 is 0 Å². The molecule has 7 nitrogen and oxygen atoms in total. The maximum atomic E-state index is 12.4. The van der Waals surface area contributed by atoms with Crippen molar-refractivity contribution in [3.8, 4) is 11.4 Å². The summed E-state index contributed by atoms with van der Waals surface area (Å²) in [5, 5.41) is 20.0.